The number of nitrogens with zero attached hydrogens (tertiary/aromatic N) is 2. The Morgan fingerprint density at radius 1 is 1.07 bits per heavy atom. The highest BCUT2D eigenvalue weighted by Crippen LogP contribution is 2.33. The minimum atomic E-state index is -0.474. The standard InChI is InChI=1S/C38H52N2O5/c1-7-9-10-14-29(3)35(17-12-23-41)36(16-11-15-33(42)13-8-2)30-18-20-34(21-19-30)44-24-22-39-25-31-27-40(28-32(31)26-39)37(43)45-38(4,5)6/h7-11,13-15,18-21,31-32,41-42H,2-3,12,16-17,22-28H2,1,4-6H3/b9-7-,14-10-,15-11-,33-13+,36-35-/t31-,32+. The van der Waals surface area contributed by atoms with E-state index >= 15 is 0 Å². The first-order valence-electron chi connectivity index (χ1n) is 16.0. The molecule has 0 aliphatic carbocycles. The molecule has 45 heavy (non-hydrogen) atoms. The largest absolute Gasteiger partial charge is 0.508 e. The molecule has 0 unspecified atom stereocenters. The first kappa shape index (κ1) is 35.7. The zero-order chi connectivity index (χ0) is 32.8. The molecule has 2 atom stereocenters. The van der Waals surface area contributed by atoms with Gasteiger partial charge in [-0.2, -0.15) is 0 Å². The fourth-order valence-electron chi connectivity index (χ4n) is 5.83. The second kappa shape index (κ2) is 17.6. The van der Waals surface area contributed by atoms with Crippen LogP contribution in [0.25, 0.3) is 5.57 Å². The van der Waals surface area contributed by atoms with Crippen LogP contribution in [0, 0.1) is 11.8 Å². The molecule has 2 heterocycles. The van der Waals surface area contributed by atoms with Crippen LogP contribution < -0.4 is 4.74 Å². The summed E-state index contributed by atoms with van der Waals surface area (Å²) in [6.07, 6.45) is 16.3. The maximum Gasteiger partial charge on any atom is 0.410 e. The Labute approximate surface area is 270 Å². The van der Waals surface area contributed by atoms with Gasteiger partial charge in [-0.3, -0.25) is 4.90 Å². The van der Waals surface area contributed by atoms with Gasteiger partial charge in [-0.05, 0) is 105 Å². The molecule has 244 valence electrons. The third-order valence-electron chi connectivity index (χ3n) is 7.93. The van der Waals surface area contributed by atoms with Crippen LogP contribution >= 0.6 is 0 Å². The molecular formula is C38H52N2O5. The molecule has 2 saturated heterocycles. The second-order valence-corrected chi connectivity index (χ2v) is 12.7. The molecule has 0 saturated carbocycles. The Kier molecular flexibility index (Phi) is 14.0. The Hall–Kier alpha value is -3.81. The van der Waals surface area contributed by atoms with Gasteiger partial charge in [-0.25, -0.2) is 4.79 Å². The monoisotopic (exact) mass is 616 g/mol. The van der Waals surface area contributed by atoms with Gasteiger partial charge >= 0.3 is 6.09 Å². The summed E-state index contributed by atoms with van der Waals surface area (Å²) in [5, 5.41) is 19.7. The normalized spacial score (nSPS) is 19.8. The number of aliphatic hydroxyl groups excluding tert-OH is 2. The molecule has 2 aliphatic heterocycles. The van der Waals surface area contributed by atoms with Crippen LogP contribution in [0.15, 0.2) is 103 Å². The molecule has 2 N–H and O–H groups in total. The van der Waals surface area contributed by atoms with Gasteiger partial charge in [0, 0.05) is 39.3 Å². The number of allylic oxidation sites excluding steroid dienone is 11. The van der Waals surface area contributed by atoms with Crippen LogP contribution in [0.1, 0.15) is 52.5 Å². The molecule has 1 amide bonds. The summed E-state index contributed by atoms with van der Waals surface area (Å²) in [5.41, 5.74) is 3.60. The zero-order valence-corrected chi connectivity index (χ0v) is 27.6. The zero-order valence-electron chi connectivity index (χ0n) is 27.6. The van der Waals surface area contributed by atoms with Gasteiger partial charge in [-0.1, -0.05) is 61.7 Å². The fraction of sp³-hybridized carbons (Fsp3) is 0.447. The number of fused-ring (bicyclic) bond motifs is 1. The van der Waals surface area contributed by atoms with Gasteiger partial charge in [0.1, 0.15) is 23.7 Å². The van der Waals surface area contributed by atoms with Crippen molar-refractivity contribution < 1.29 is 24.5 Å². The number of benzene rings is 1. The number of ether oxygens (including phenoxy) is 2. The Morgan fingerprint density at radius 3 is 2.36 bits per heavy atom. The molecule has 3 rings (SSSR count). The van der Waals surface area contributed by atoms with Crippen LogP contribution in [0.3, 0.4) is 0 Å². The van der Waals surface area contributed by atoms with Crippen molar-refractivity contribution in [3.05, 3.63) is 109 Å². The highest BCUT2D eigenvalue weighted by molar-refractivity contribution is 5.75. The molecular weight excluding hydrogens is 564 g/mol. The van der Waals surface area contributed by atoms with Crippen molar-refractivity contribution in [1.82, 2.24) is 9.80 Å². The van der Waals surface area contributed by atoms with E-state index in [9.17, 15) is 15.0 Å². The van der Waals surface area contributed by atoms with E-state index < -0.39 is 5.60 Å². The average Bonchev–Trinajstić information content (AvgIpc) is 3.56. The van der Waals surface area contributed by atoms with Crippen molar-refractivity contribution in [2.45, 2.75) is 52.6 Å². The lowest BCUT2D eigenvalue weighted by molar-refractivity contribution is 0.0273. The van der Waals surface area contributed by atoms with Gasteiger partial charge in [-0.15, -0.1) is 0 Å². The summed E-state index contributed by atoms with van der Waals surface area (Å²) in [4.78, 5) is 16.8. The number of amides is 1. The summed E-state index contributed by atoms with van der Waals surface area (Å²) in [5.74, 6) is 1.90. The first-order valence-corrected chi connectivity index (χ1v) is 16.0. The molecule has 0 bridgehead atoms. The molecule has 7 nitrogen and oxygen atoms in total. The van der Waals surface area contributed by atoms with Crippen LogP contribution in [0.4, 0.5) is 4.79 Å². The molecule has 2 aliphatic rings. The van der Waals surface area contributed by atoms with E-state index in [0.717, 1.165) is 60.8 Å². The molecule has 1 aromatic carbocycles. The maximum atomic E-state index is 12.5. The van der Waals surface area contributed by atoms with E-state index in [4.69, 9.17) is 9.47 Å². The molecule has 7 heteroatoms. The van der Waals surface area contributed by atoms with Crippen molar-refractivity contribution >= 4 is 11.7 Å². The number of hydrogen-bond acceptors (Lipinski definition) is 6. The lowest BCUT2D eigenvalue weighted by atomic mass is 9.89. The molecule has 1 aromatic rings. The van der Waals surface area contributed by atoms with Gasteiger partial charge in [0.05, 0.1) is 0 Å². The summed E-state index contributed by atoms with van der Waals surface area (Å²) in [6.45, 7) is 20.6. The van der Waals surface area contributed by atoms with E-state index in [2.05, 4.69) is 30.2 Å². The van der Waals surface area contributed by atoms with Gasteiger partial charge in [0.15, 0.2) is 0 Å². The first-order chi connectivity index (χ1) is 21.5. The van der Waals surface area contributed by atoms with Gasteiger partial charge in [0.25, 0.3) is 0 Å². The summed E-state index contributed by atoms with van der Waals surface area (Å²) in [7, 11) is 0. The maximum absolute atomic E-state index is 12.5. The summed E-state index contributed by atoms with van der Waals surface area (Å²) < 4.78 is 11.7. The van der Waals surface area contributed by atoms with E-state index in [1.54, 1.807) is 18.2 Å². The minimum Gasteiger partial charge on any atom is -0.508 e. The van der Waals surface area contributed by atoms with E-state index in [1.807, 2.05) is 75.1 Å². The topological polar surface area (TPSA) is 82.5 Å². The predicted octanol–water partition coefficient (Wildman–Crippen LogP) is 7.65. The molecule has 2 fully saturated rings. The van der Waals surface area contributed by atoms with Crippen LogP contribution in [-0.2, 0) is 4.74 Å². The summed E-state index contributed by atoms with van der Waals surface area (Å²) >= 11 is 0. The van der Waals surface area contributed by atoms with E-state index in [0.29, 0.717) is 37.7 Å². The van der Waals surface area contributed by atoms with Gasteiger partial charge < -0.3 is 24.6 Å². The van der Waals surface area contributed by atoms with Crippen LogP contribution in [0.2, 0.25) is 0 Å². The van der Waals surface area contributed by atoms with E-state index in [1.165, 1.54) is 0 Å². The van der Waals surface area contributed by atoms with Crippen molar-refractivity contribution in [3.63, 3.8) is 0 Å². The van der Waals surface area contributed by atoms with E-state index in [-0.39, 0.29) is 18.5 Å². The van der Waals surface area contributed by atoms with Gasteiger partial charge in [0.2, 0.25) is 0 Å². The number of carbonyl (C=O) groups is 1. The SMILES string of the molecule is C=C/C=C(O)\C=C/C/C(=C(\CCCO)C(=C)/C=C\C=C/C)c1ccc(OCCN2C[C@@H]3CN(C(=O)OC(C)(C)C)C[C@@H]3C2)cc1. The number of hydrogen-bond donors (Lipinski definition) is 2. The Morgan fingerprint density at radius 2 is 1.76 bits per heavy atom. The average molecular weight is 617 g/mol. The van der Waals surface area contributed by atoms with Crippen molar-refractivity contribution in [2.24, 2.45) is 11.8 Å². The highest BCUT2D eigenvalue weighted by Gasteiger charge is 2.42. The third-order valence-corrected chi connectivity index (χ3v) is 7.93. The fourth-order valence-corrected chi connectivity index (χ4v) is 5.83. The summed E-state index contributed by atoms with van der Waals surface area (Å²) in [6, 6.07) is 8.11. The lowest BCUT2D eigenvalue weighted by Gasteiger charge is -2.26. The Bertz CT molecular complexity index is 1280. The smallest absolute Gasteiger partial charge is 0.410 e. The van der Waals surface area contributed by atoms with Crippen LogP contribution in [0.5, 0.6) is 5.75 Å². The molecule has 0 aromatic heterocycles. The quantitative estimate of drug-likeness (QED) is 0.156. The van der Waals surface area contributed by atoms with Crippen molar-refractivity contribution in [2.75, 3.05) is 45.9 Å². The lowest BCUT2D eigenvalue weighted by Crippen LogP contribution is -2.38. The molecule has 0 spiro atoms. The van der Waals surface area contributed by atoms with Crippen molar-refractivity contribution in [3.8, 4) is 5.75 Å². The van der Waals surface area contributed by atoms with Crippen LogP contribution in [-0.4, -0.2) is 77.6 Å². The number of likely N-dealkylation sites (tertiary alicyclic amines) is 2. The number of aliphatic hydroxyl groups is 2. The highest BCUT2D eigenvalue weighted by atomic mass is 16.6. The number of rotatable bonds is 15. The van der Waals surface area contributed by atoms with Crippen molar-refractivity contribution in [1.29, 1.82) is 0 Å². The predicted molar refractivity (Wildman–Crippen MR) is 184 cm³/mol. The second-order valence-electron chi connectivity index (χ2n) is 12.7. The number of carbonyl (C=O) groups excluding carboxylic acids is 1. The third kappa shape index (κ3) is 11.6. The minimum absolute atomic E-state index is 0.0919. The molecule has 0 radical (unpaired) electrons. The Balaban J connectivity index is 1.64.